The van der Waals surface area contributed by atoms with Crippen LogP contribution in [0.15, 0.2) is 42.6 Å². The zero-order valence-electron chi connectivity index (χ0n) is 13.7. The van der Waals surface area contributed by atoms with Crippen LogP contribution in [0.5, 0.6) is 0 Å². The van der Waals surface area contributed by atoms with Crippen LogP contribution in [0.2, 0.25) is 0 Å². The maximum Gasteiger partial charge on any atom is 0.232 e. The molecular weight excluding hydrogens is 326 g/mol. The number of aromatic nitrogens is 4. The molecule has 132 valence electrons. The molecule has 0 saturated heterocycles. The van der Waals surface area contributed by atoms with Crippen molar-refractivity contribution in [3.05, 3.63) is 54.4 Å². The minimum atomic E-state index is -0.631. The minimum Gasteiger partial charge on any atom is -0.352 e. The van der Waals surface area contributed by atoms with E-state index in [4.69, 9.17) is 0 Å². The number of pyridine rings is 1. The van der Waals surface area contributed by atoms with Gasteiger partial charge in [0.25, 0.3) is 0 Å². The lowest BCUT2D eigenvalue weighted by Gasteiger charge is -2.12. The highest BCUT2D eigenvalue weighted by atomic mass is 19.1. The molecule has 6 nitrogen and oxygen atoms in total. The number of benzene rings is 1. The van der Waals surface area contributed by atoms with Crippen LogP contribution in [0.3, 0.4) is 0 Å². The molecule has 0 aliphatic rings. The number of hydrogen-bond acceptors (Lipinski definition) is 6. The lowest BCUT2D eigenvalue weighted by atomic mass is 10.2. The average Bonchev–Trinajstić information content (AvgIpc) is 2.54. The number of nitrogens with one attached hydrogen (secondary N) is 2. The second-order valence-electron chi connectivity index (χ2n) is 5.58. The van der Waals surface area contributed by atoms with Gasteiger partial charge in [-0.2, -0.15) is 19.3 Å². The molecule has 25 heavy (non-hydrogen) atoms. The first-order chi connectivity index (χ1) is 12.0. The number of hydrogen-bond donors (Lipinski definition) is 2. The summed E-state index contributed by atoms with van der Waals surface area (Å²) in [6, 6.07) is 9.06. The zero-order chi connectivity index (χ0) is 17.8. The topological polar surface area (TPSA) is 75.6 Å². The van der Waals surface area contributed by atoms with E-state index in [1.807, 2.05) is 13.8 Å². The number of anilines is 3. The Morgan fingerprint density at radius 2 is 1.76 bits per heavy atom. The predicted octanol–water partition coefficient (Wildman–Crippen LogP) is 4.27. The Morgan fingerprint density at radius 3 is 2.48 bits per heavy atom. The van der Waals surface area contributed by atoms with Gasteiger partial charge in [0.05, 0.1) is 5.56 Å². The molecule has 0 fully saturated rings. The molecule has 2 heterocycles. The van der Waals surface area contributed by atoms with Crippen molar-refractivity contribution in [2.75, 3.05) is 10.6 Å². The van der Waals surface area contributed by atoms with Crippen molar-refractivity contribution < 1.29 is 11.6 Å². The third-order valence-corrected chi connectivity index (χ3v) is 3.15. The third kappa shape index (κ3) is 4.23. The quantitative estimate of drug-likeness (QED) is 0.672. The van der Waals surface area contributed by atoms with Crippen molar-refractivity contribution in [2.24, 2.45) is 0 Å². The zero-order valence-corrected chi connectivity index (χ0v) is 13.7. The Kier molecular flexibility index (Phi) is 4.78. The maximum absolute atomic E-state index is 14.1. The van der Waals surface area contributed by atoms with Crippen LogP contribution >= 0.6 is 0 Å². The van der Waals surface area contributed by atoms with Crippen molar-refractivity contribution in [3.63, 3.8) is 0 Å². The summed E-state index contributed by atoms with van der Waals surface area (Å²) < 4.78 is 27.3. The van der Waals surface area contributed by atoms with E-state index in [1.54, 1.807) is 24.3 Å². The van der Waals surface area contributed by atoms with Gasteiger partial charge in [0.15, 0.2) is 5.82 Å². The molecule has 0 atom stereocenters. The van der Waals surface area contributed by atoms with Crippen LogP contribution in [-0.2, 0) is 0 Å². The average molecular weight is 346 g/mol. The Morgan fingerprint density at radius 1 is 1.00 bits per heavy atom. The fourth-order valence-electron chi connectivity index (χ4n) is 2.13. The molecule has 2 N–H and O–H groups in total. The van der Waals surface area contributed by atoms with Crippen molar-refractivity contribution in [1.29, 1.82) is 0 Å². The SMILES string of the molecule is CC(C)Nc1nc(Nc2ccnc(F)c2)nc(-c2ccccc2F)n1.[HH].[HH]. The molecule has 0 spiro atoms. The molecule has 1 aromatic carbocycles. The molecule has 0 aliphatic carbocycles. The van der Waals surface area contributed by atoms with E-state index < -0.39 is 11.8 Å². The lowest BCUT2D eigenvalue weighted by Crippen LogP contribution is -2.14. The van der Waals surface area contributed by atoms with Crippen LogP contribution in [0, 0.1) is 11.8 Å². The van der Waals surface area contributed by atoms with Crippen molar-refractivity contribution in [2.45, 2.75) is 19.9 Å². The van der Waals surface area contributed by atoms with Gasteiger partial charge in [0, 0.05) is 26.8 Å². The fraction of sp³-hybridized carbons (Fsp3) is 0.176. The fourth-order valence-corrected chi connectivity index (χ4v) is 2.13. The van der Waals surface area contributed by atoms with Crippen LogP contribution in [0.1, 0.15) is 16.7 Å². The summed E-state index contributed by atoms with van der Waals surface area (Å²) in [5.74, 6) is -0.436. The molecule has 0 unspecified atom stereocenters. The Labute approximate surface area is 146 Å². The first-order valence-electron chi connectivity index (χ1n) is 7.67. The number of halogens is 2. The molecular formula is C17H20F2N6. The van der Waals surface area contributed by atoms with E-state index >= 15 is 0 Å². The van der Waals surface area contributed by atoms with E-state index in [1.165, 1.54) is 18.3 Å². The van der Waals surface area contributed by atoms with E-state index in [9.17, 15) is 8.78 Å². The van der Waals surface area contributed by atoms with Crippen LogP contribution < -0.4 is 10.6 Å². The normalized spacial score (nSPS) is 10.8. The lowest BCUT2D eigenvalue weighted by molar-refractivity contribution is 0.584. The second-order valence-corrected chi connectivity index (χ2v) is 5.58. The van der Waals surface area contributed by atoms with Gasteiger partial charge in [-0.05, 0) is 32.0 Å². The largest absolute Gasteiger partial charge is 0.352 e. The molecule has 2 aromatic heterocycles. The van der Waals surface area contributed by atoms with Crippen molar-refractivity contribution in [1.82, 2.24) is 19.9 Å². The molecule has 0 radical (unpaired) electrons. The monoisotopic (exact) mass is 346 g/mol. The van der Waals surface area contributed by atoms with Gasteiger partial charge in [-0.25, -0.2) is 9.37 Å². The Balaban J connectivity index is 0.00000182. The highest BCUT2D eigenvalue weighted by Crippen LogP contribution is 2.22. The van der Waals surface area contributed by atoms with Gasteiger partial charge in [-0.1, -0.05) is 12.1 Å². The van der Waals surface area contributed by atoms with Crippen LogP contribution in [0.4, 0.5) is 26.4 Å². The van der Waals surface area contributed by atoms with Crippen LogP contribution in [0.25, 0.3) is 11.4 Å². The summed E-state index contributed by atoms with van der Waals surface area (Å²) >= 11 is 0. The Hall–Kier alpha value is -3.16. The summed E-state index contributed by atoms with van der Waals surface area (Å²) in [7, 11) is 0. The molecule has 0 saturated carbocycles. The first-order valence-corrected chi connectivity index (χ1v) is 7.67. The van der Waals surface area contributed by atoms with Crippen LogP contribution in [-0.4, -0.2) is 26.0 Å². The molecule has 0 bridgehead atoms. The van der Waals surface area contributed by atoms with Crippen molar-refractivity contribution >= 4 is 17.6 Å². The minimum absolute atomic E-state index is 0. The van der Waals surface area contributed by atoms with E-state index in [-0.39, 0.29) is 26.2 Å². The van der Waals surface area contributed by atoms with Gasteiger partial charge < -0.3 is 10.6 Å². The predicted molar refractivity (Wildman–Crippen MR) is 95.7 cm³/mol. The third-order valence-electron chi connectivity index (χ3n) is 3.15. The Bertz CT molecular complexity index is 895. The standard InChI is InChI=1S/C17H16F2N6.2H2/c1-10(2)21-16-23-15(12-5-3-4-6-13(12)18)24-17(25-16)22-11-7-8-20-14(19)9-11;;/h3-10H,1-2H3,(H2,20,21,22,23,24,25);2*1H. The maximum atomic E-state index is 14.1. The summed E-state index contributed by atoms with van der Waals surface area (Å²) in [4.78, 5) is 16.2. The summed E-state index contributed by atoms with van der Waals surface area (Å²) in [5.41, 5.74) is 0.675. The molecule has 3 rings (SSSR count). The number of nitrogens with zero attached hydrogens (tertiary/aromatic N) is 4. The molecule has 0 aliphatic heterocycles. The van der Waals surface area contributed by atoms with Gasteiger partial charge in [0.1, 0.15) is 5.82 Å². The smallest absolute Gasteiger partial charge is 0.232 e. The summed E-state index contributed by atoms with van der Waals surface area (Å²) in [6.45, 7) is 3.86. The summed E-state index contributed by atoms with van der Waals surface area (Å²) in [6.07, 6.45) is 1.32. The number of rotatable bonds is 5. The first kappa shape index (κ1) is 16.7. The van der Waals surface area contributed by atoms with Gasteiger partial charge in [-0.3, -0.25) is 0 Å². The molecule has 8 heteroatoms. The van der Waals surface area contributed by atoms with E-state index in [0.29, 0.717) is 11.6 Å². The van der Waals surface area contributed by atoms with E-state index in [2.05, 4.69) is 30.6 Å². The van der Waals surface area contributed by atoms with Crippen molar-refractivity contribution in [3.8, 4) is 11.4 Å². The highest BCUT2D eigenvalue weighted by molar-refractivity contribution is 5.61. The van der Waals surface area contributed by atoms with Gasteiger partial charge >= 0.3 is 0 Å². The molecule has 3 aromatic rings. The van der Waals surface area contributed by atoms with Gasteiger partial charge in [-0.15, -0.1) is 0 Å². The van der Waals surface area contributed by atoms with E-state index in [0.717, 1.165) is 0 Å². The second kappa shape index (κ2) is 7.16. The summed E-state index contributed by atoms with van der Waals surface area (Å²) in [5, 5.41) is 5.94. The highest BCUT2D eigenvalue weighted by Gasteiger charge is 2.13. The molecule has 0 amide bonds. The van der Waals surface area contributed by atoms with Gasteiger partial charge in [0.2, 0.25) is 17.8 Å².